The lowest BCUT2D eigenvalue weighted by molar-refractivity contribution is -0.167. The van der Waals surface area contributed by atoms with Crippen molar-refractivity contribution in [2.45, 2.75) is 97.1 Å². The van der Waals surface area contributed by atoms with Crippen molar-refractivity contribution >= 4 is 34.7 Å². The second-order valence-corrected chi connectivity index (χ2v) is 13.5. The van der Waals surface area contributed by atoms with Gasteiger partial charge < -0.3 is 28.4 Å². The number of rotatable bonds is 20. The first-order valence-electron chi connectivity index (χ1n) is 19.0. The quantitative estimate of drug-likeness (QED) is 0.0376. The van der Waals surface area contributed by atoms with Crippen LogP contribution in [0.1, 0.15) is 79.1 Å². The molecule has 0 saturated carbocycles. The van der Waals surface area contributed by atoms with E-state index >= 15 is 0 Å². The maximum absolute atomic E-state index is 13.4. The van der Waals surface area contributed by atoms with Crippen LogP contribution in [0.25, 0.3) is 0 Å². The lowest BCUT2D eigenvalue weighted by Gasteiger charge is -2.16. The molecule has 0 N–H and O–H groups in total. The van der Waals surface area contributed by atoms with Gasteiger partial charge in [0.25, 0.3) is 0 Å². The Morgan fingerprint density at radius 3 is 1.24 bits per heavy atom. The van der Waals surface area contributed by atoms with Crippen molar-refractivity contribution in [2.24, 2.45) is 20.5 Å². The average Bonchev–Trinajstić information content (AvgIpc) is 3.52. The Hall–Kier alpha value is -5.46. The second kappa shape index (κ2) is 20.8. The summed E-state index contributed by atoms with van der Waals surface area (Å²) in [6.07, 6.45) is 6.18. The summed E-state index contributed by atoms with van der Waals surface area (Å²) >= 11 is 0. The number of carbonyl (C=O) groups excluding carboxylic acids is 2. The number of hydrogen-bond donors (Lipinski definition) is 0. The number of ether oxygens (including phenoxy) is 6. The Kier molecular flexibility index (Phi) is 15.4. The van der Waals surface area contributed by atoms with E-state index in [9.17, 15) is 9.59 Å². The van der Waals surface area contributed by atoms with E-state index in [1.165, 1.54) is 25.7 Å². The van der Waals surface area contributed by atoms with Gasteiger partial charge in [0.05, 0.1) is 36.0 Å². The fourth-order valence-corrected chi connectivity index (χ4v) is 5.61. The van der Waals surface area contributed by atoms with Crippen LogP contribution in [-0.4, -0.2) is 43.1 Å². The van der Waals surface area contributed by atoms with Crippen LogP contribution in [-0.2, 0) is 19.1 Å². The summed E-state index contributed by atoms with van der Waals surface area (Å²) < 4.78 is 34.6. The van der Waals surface area contributed by atoms with Crippen molar-refractivity contribution in [2.75, 3.05) is 13.2 Å². The molecular formula is C43H50N4O8. The van der Waals surface area contributed by atoms with E-state index in [1.807, 2.05) is 48.5 Å². The third-order valence-electron chi connectivity index (χ3n) is 8.36. The maximum Gasteiger partial charge on any atom is 0.344 e. The summed E-state index contributed by atoms with van der Waals surface area (Å²) in [5.74, 6) is -1.11. The molecule has 0 unspecified atom stereocenters. The zero-order valence-electron chi connectivity index (χ0n) is 32.0. The summed E-state index contributed by atoms with van der Waals surface area (Å²) in [7, 11) is 0. The van der Waals surface area contributed by atoms with E-state index < -0.39 is 29.9 Å². The molecule has 0 radical (unpaired) electrons. The number of benzene rings is 4. The van der Waals surface area contributed by atoms with Crippen LogP contribution in [0.15, 0.2) is 118 Å². The van der Waals surface area contributed by atoms with Gasteiger partial charge in [-0.15, -0.1) is 0 Å². The monoisotopic (exact) mass is 750 g/mol. The Bertz CT molecular complexity index is 1780. The molecule has 4 aromatic carbocycles. The number of nitrogens with zero attached hydrogens (tertiary/aromatic N) is 4. The van der Waals surface area contributed by atoms with Gasteiger partial charge in [-0.3, -0.25) is 0 Å². The van der Waals surface area contributed by atoms with Gasteiger partial charge in [-0.25, -0.2) is 9.59 Å². The predicted octanol–water partition coefficient (Wildman–Crippen LogP) is 11.5. The van der Waals surface area contributed by atoms with Gasteiger partial charge in [0.15, 0.2) is 18.0 Å². The normalized spacial score (nSPS) is 16.4. The van der Waals surface area contributed by atoms with Crippen molar-refractivity contribution in [3.05, 3.63) is 97.1 Å². The largest absolute Gasteiger partial charge is 0.494 e. The van der Waals surface area contributed by atoms with Gasteiger partial charge >= 0.3 is 11.9 Å². The first-order chi connectivity index (χ1) is 26.7. The van der Waals surface area contributed by atoms with Crippen LogP contribution >= 0.6 is 0 Å². The summed E-state index contributed by atoms with van der Waals surface area (Å²) in [5.41, 5.74) is 2.13. The van der Waals surface area contributed by atoms with Gasteiger partial charge in [-0.05, 0) is 75.2 Å². The Morgan fingerprint density at radius 2 is 0.873 bits per heavy atom. The standard InChI is InChI=1S/C43H50N4O8/c1-5-7-9-11-25-50-35-21-13-17-31(27-35)44-46-33-19-15-23-37(29-33)52-41(48)39-40(55-43(3,4)54-39)42(49)53-38-24-16-20-34(30-38)47-45-32-18-14-22-36(28-32)51-26-12-10-8-6-2/h13-24,27-30,39-40H,5-12,25-26H2,1-4H3/t39-,40-/m1/s1. The molecular weight excluding hydrogens is 700 g/mol. The molecule has 1 heterocycles. The first kappa shape index (κ1) is 40.7. The minimum absolute atomic E-state index is 0.188. The molecule has 1 aliphatic heterocycles. The molecule has 0 aromatic heterocycles. The molecule has 2 atom stereocenters. The number of azo groups is 2. The van der Waals surface area contributed by atoms with E-state index in [4.69, 9.17) is 28.4 Å². The molecule has 1 saturated heterocycles. The van der Waals surface area contributed by atoms with E-state index in [1.54, 1.807) is 62.4 Å². The average molecular weight is 751 g/mol. The molecule has 12 nitrogen and oxygen atoms in total. The molecule has 0 spiro atoms. The molecule has 0 amide bonds. The van der Waals surface area contributed by atoms with Crippen LogP contribution in [0.4, 0.5) is 22.7 Å². The van der Waals surface area contributed by atoms with Gasteiger partial charge in [-0.2, -0.15) is 20.5 Å². The van der Waals surface area contributed by atoms with E-state index in [2.05, 4.69) is 34.3 Å². The summed E-state index contributed by atoms with van der Waals surface area (Å²) in [5, 5.41) is 17.3. The maximum atomic E-state index is 13.4. The molecule has 290 valence electrons. The van der Waals surface area contributed by atoms with Crippen molar-refractivity contribution < 1.29 is 38.0 Å². The number of carbonyl (C=O) groups is 2. The van der Waals surface area contributed by atoms with Crippen LogP contribution in [0.2, 0.25) is 0 Å². The third-order valence-corrected chi connectivity index (χ3v) is 8.36. The SMILES string of the molecule is CCCCCCOc1cccc(N=Nc2cccc(OC(=O)[C@@H]3OC(C)(C)O[C@H]3C(=O)Oc3cccc(N=Nc4cccc(OCCCCCC)c4)c3)c2)c1. The minimum atomic E-state index is -1.40. The zero-order chi connectivity index (χ0) is 38.9. The molecule has 1 aliphatic rings. The lowest BCUT2D eigenvalue weighted by atomic mass is 10.2. The summed E-state index contributed by atoms with van der Waals surface area (Å²) in [6.45, 7) is 8.84. The van der Waals surface area contributed by atoms with E-state index in [0.29, 0.717) is 36.0 Å². The number of unbranched alkanes of at least 4 members (excludes halogenated alkanes) is 6. The Labute approximate surface area is 322 Å². The molecule has 4 aromatic rings. The molecule has 1 fully saturated rings. The Balaban J connectivity index is 1.17. The van der Waals surface area contributed by atoms with Gasteiger partial charge in [-0.1, -0.05) is 76.6 Å². The smallest absolute Gasteiger partial charge is 0.344 e. The molecule has 55 heavy (non-hydrogen) atoms. The highest BCUT2D eigenvalue weighted by Crippen LogP contribution is 2.32. The number of esters is 2. The lowest BCUT2D eigenvalue weighted by Crippen LogP contribution is -2.41. The molecule has 0 bridgehead atoms. The number of hydrogen-bond acceptors (Lipinski definition) is 12. The molecule has 0 aliphatic carbocycles. The van der Waals surface area contributed by atoms with Crippen molar-refractivity contribution in [3.8, 4) is 23.0 Å². The zero-order valence-corrected chi connectivity index (χ0v) is 32.0. The topological polar surface area (TPSA) is 139 Å². The van der Waals surface area contributed by atoms with Crippen molar-refractivity contribution in [3.63, 3.8) is 0 Å². The van der Waals surface area contributed by atoms with Crippen LogP contribution in [0, 0.1) is 0 Å². The minimum Gasteiger partial charge on any atom is -0.494 e. The molecule has 12 heteroatoms. The third kappa shape index (κ3) is 13.4. The Morgan fingerprint density at radius 1 is 0.527 bits per heavy atom. The summed E-state index contributed by atoms with van der Waals surface area (Å²) in [4.78, 5) is 26.8. The molecule has 5 rings (SSSR count). The van der Waals surface area contributed by atoms with E-state index in [-0.39, 0.29) is 11.5 Å². The van der Waals surface area contributed by atoms with Crippen LogP contribution < -0.4 is 18.9 Å². The van der Waals surface area contributed by atoms with Crippen LogP contribution in [0.3, 0.4) is 0 Å². The van der Waals surface area contributed by atoms with Crippen LogP contribution in [0.5, 0.6) is 23.0 Å². The van der Waals surface area contributed by atoms with Crippen molar-refractivity contribution in [1.29, 1.82) is 0 Å². The van der Waals surface area contributed by atoms with Crippen molar-refractivity contribution in [1.82, 2.24) is 0 Å². The predicted molar refractivity (Wildman–Crippen MR) is 208 cm³/mol. The van der Waals surface area contributed by atoms with E-state index in [0.717, 1.165) is 37.2 Å². The highest BCUT2D eigenvalue weighted by atomic mass is 16.8. The first-order valence-corrected chi connectivity index (χ1v) is 19.0. The summed E-state index contributed by atoms with van der Waals surface area (Å²) in [6, 6.07) is 27.9. The highest BCUT2D eigenvalue weighted by molar-refractivity contribution is 5.88. The van der Waals surface area contributed by atoms with Gasteiger partial charge in [0.1, 0.15) is 23.0 Å². The van der Waals surface area contributed by atoms with Gasteiger partial charge in [0, 0.05) is 24.3 Å². The fourth-order valence-electron chi connectivity index (χ4n) is 5.61. The van der Waals surface area contributed by atoms with Gasteiger partial charge in [0.2, 0.25) is 0 Å². The highest BCUT2D eigenvalue weighted by Gasteiger charge is 2.51. The fraction of sp³-hybridized carbons (Fsp3) is 0.395. The second-order valence-electron chi connectivity index (χ2n) is 13.5.